The Hall–Kier alpha value is -2.68. The number of carbonyl (C=O) groups excluding carboxylic acids is 1. The number of rotatable bonds is 5. The van der Waals surface area contributed by atoms with E-state index in [1.165, 1.54) is 6.92 Å². The van der Waals surface area contributed by atoms with Crippen LogP contribution in [0, 0.1) is 0 Å². The van der Waals surface area contributed by atoms with Crippen molar-refractivity contribution in [2.24, 2.45) is 0 Å². The normalized spacial score (nSPS) is 17.8. The van der Waals surface area contributed by atoms with Crippen molar-refractivity contribution >= 4 is 17.5 Å². The summed E-state index contributed by atoms with van der Waals surface area (Å²) in [6, 6.07) is 8.57. The zero-order valence-corrected chi connectivity index (χ0v) is 16.4. The minimum Gasteiger partial charge on any atom is -0.340 e. The molecule has 0 bridgehead atoms. The van der Waals surface area contributed by atoms with Gasteiger partial charge in [-0.15, -0.1) is 0 Å². The summed E-state index contributed by atoms with van der Waals surface area (Å²) in [4.78, 5) is 22.8. The summed E-state index contributed by atoms with van der Waals surface area (Å²) in [5, 5.41) is 2.74. The van der Waals surface area contributed by atoms with Crippen molar-refractivity contribution in [2.75, 3.05) is 30.4 Å². The summed E-state index contributed by atoms with van der Waals surface area (Å²) < 4.78 is 38.8. The van der Waals surface area contributed by atoms with Gasteiger partial charge in [0, 0.05) is 45.0 Å². The number of halogens is 3. The van der Waals surface area contributed by atoms with E-state index in [-0.39, 0.29) is 17.9 Å². The molecule has 1 saturated heterocycles. The maximum Gasteiger partial charge on any atom is 0.433 e. The summed E-state index contributed by atoms with van der Waals surface area (Å²) >= 11 is 0. The highest BCUT2D eigenvalue weighted by atomic mass is 19.4. The number of nitrogens with zero attached hydrogens (tertiary/aromatic N) is 4. The number of benzene rings is 1. The third-order valence-electron chi connectivity index (χ3n) is 4.96. The van der Waals surface area contributed by atoms with Crippen molar-refractivity contribution in [3.05, 3.63) is 47.8 Å². The van der Waals surface area contributed by atoms with Crippen LogP contribution in [0.2, 0.25) is 0 Å². The predicted octanol–water partition coefficient (Wildman–Crippen LogP) is 3.55. The van der Waals surface area contributed by atoms with E-state index in [1.807, 2.05) is 24.3 Å². The summed E-state index contributed by atoms with van der Waals surface area (Å²) in [6.07, 6.45) is -1.52. The highest BCUT2D eigenvalue weighted by molar-refractivity contribution is 5.88. The molecule has 1 amide bonds. The Morgan fingerprint density at radius 2 is 2.00 bits per heavy atom. The van der Waals surface area contributed by atoms with Gasteiger partial charge in [0.15, 0.2) is 0 Å². The van der Waals surface area contributed by atoms with E-state index in [4.69, 9.17) is 0 Å². The van der Waals surface area contributed by atoms with E-state index in [9.17, 15) is 18.0 Å². The smallest absolute Gasteiger partial charge is 0.340 e. The number of carbonyl (C=O) groups is 1. The third-order valence-corrected chi connectivity index (χ3v) is 4.96. The Balaban J connectivity index is 1.63. The summed E-state index contributed by atoms with van der Waals surface area (Å²) in [5.74, 6) is -0.0252. The summed E-state index contributed by atoms with van der Waals surface area (Å²) in [6.45, 7) is 3.82. The number of nitrogens with one attached hydrogen (secondary N) is 1. The Morgan fingerprint density at radius 1 is 1.28 bits per heavy atom. The SMILES string of the molecule is CC(=O)Nc1ccc(CN2CCCC(N(C)c3nccc(C(F)(F)F)n3)C2)cc1. The number of alkyl halides is 3. The number of hydrogen-bond donors (Lipinski definition) is 1. The lowest BCUT2D eigenvalue weighted by atomic mass is 10.0. The molecule has 29 heavy (non-hydrogen) atoms. The number of aromatic nitrogens is 2. The fourth-order valence-electron chi connectivity index (χ4n) is 3.49. The summed E-state index contributed by atoms with van der Waals surface area (Å²) in [5.41, 5.74) is 0.929. The molecule has 1 aliphatic rings. The lowest BCUT2D eigenvalue weighted by Gasteiger charge is -2.37. The molecular formula is C20H24F3N5O. The van der Waals surface area contributed by atoms with Crippen molar-refractivity contribution in [3.63, 3.8) is 0 Å². The van der Waals surface area contributed by atoms with Crippen LogP contribution in [0.4, 0.5) is 24.8 Å². The van der Waals surface area contributed by atoms with Gasteiger partial charge in [-0.25, -0.2) is 9.97 Å². The van der Waals surface area contributed by atoms with Crippen LogP contribution in [0.5, 0.6) is 0 Å². The first kappa shape index (κ1) is 21.0. The van der Waals surface area contributed by atoms with Gasteiger partial charge in [0.25, 0.3) is 0 Å². The van der Waals surface area contributed by atoms with Crippen LogP contribution in [0.3, 0.4) is 0 Å². The largest absolute Gasteiger partial charge is 0.433 e. The van der Waals surface area contributed by atoms with Crippen LogP contribution in [0.25, 0.3) is 0 Å². The number of amides is 1. The predicted molar refractivity (Wildman–Crippen MR) is 104 cm³/mol. The van der Waals surface area contributed by atoms with E-state index >= 15 is 0 Å². The molecular weight excluding hydrogens is 383 g/mol. The number of likely N-dealkylation sites (N-methyl/N-ethyl adjacent to an activating group) is 1. The molecule has 1 fully saturated rings. The van der Waals surface area contributed by atoms with Gasteiger partial charge in [-0.05, 0) is 43.1 Å². The molecule has 1 N–H and O–H groups in total. The monoisotopic (exact) mass is 407 g/mol. The van der Waals surface area contributed by atoms with Crippen molar-refractivity contribution in [2.45, 2.75) is 38.5 Å². The van der Waals surface area contributed by atoms with Crippen molar-refractivity contribution in [3.8, 4) is 0 Å². The van der Waals surface area contributed by atoms with E-state index < -0.39 is 11.9 Å². The van der Waals surface area contributed by atoms with Gasteiger partial charge in [-0.3, -0.25) is 9.69 Å². The van der Waals surface area contributed by atoms with Gasteiger partial charge in [0.05, 0.1) is 0 Å². The minimum absolute atomic E-state index is 0.0332. The van der Waals surface area contributed by atoms with Crippen LogP contribution in [-0.2, 0) is 17.5 Å². The Morgan fingerprint density at radius 3 is 2.66 bits per heavy atom. The van der Waals surface area contributed by atoms with Crippen molar-refractivity contribution in [1.82, 2.24) is 14.9 Å². The number of anilines is 2. The zero-order valence-electron chi connectivity index (χ0n) is 16.4. The number of hydrogen-bond acceptors (Lipinski definition) is 5. The van der Waals surface area contributed by atoms with E-state index in [0.29, 0.717) is 6.54 Å². The molecule has 2 aromatic rings. The zero-order chi connectivity index (χ0) is 21.0. The Kier molecular flexibility index (Phi) is 6.36. The van der Waals surface area contributed by atoms with Gasteiger partial charge < -0.3 is 10.2 Å². The first-order valence-electron chi connectivity index (χ1n) is 9.44. The van der Waals surface area contributed by atoms with Gasteiger partial charge in [0.1, 0.15) is 5.69 Å². The van der Waals surface area contributed by atoms with E-state index in [2.05, 4.69) is 20.2 Å². The van der Waals surface area contributed by atoms with Crippen LogP contribution >= 0.6 is 0 Å². The van der Waals surface area contributed by atoms with Crippen LogP contribution < -0.4 is 10.2 Å². The molecule has 1 aromatic carbocycles. The number of likely N-dealkylation sites (tertiary alicyclic amines) is 1. The molecule has 2 heterocycles. The molecule has 1 aromatic heterocycles. The molecule has 1 unspecified atom stereocenters. The average molecular weight is 407 g/mol. The fraction of sp³-hybridized carbons (Fsp3) is 0.450. The highest BCUT2D eigenvalue weighted by Crippen LogP contribution is 2.29. The molecule has 3 rings (SSSR count). The van der Waals surface area contributed by atoms with Crippen LogP contribution in [0.1, 0.15) is 31.0 Å². The molecule has 156 valence electrons. The third kappa shape index (κ3) is 5.66. The molecule has 6 nitrogen and oxygen atoms in total. The number of piperidine rings is 1. The fourth-order valence-corrected chi connectivity index (χ4v) is 3.49. The quantitative estimate of drug-likeness (QED) is 0.821. The van der Waals surface area contributed by atoms with Crippen LogP contribution in [0.15, 0.2) is 36.5 Å². The molecule has 1 aliphatic heterocycles. The van der Waals surface area contributed by atoms with Crippen molar-refractivity contribution < 1.29 is 18.0 Å². The molecule has 0 aliphatic carbocycles. The second-order valence-corrected chi connectivity index (χ2v) is 7.26. The first-order chi connectivity index (χ1) is 13.7. The Bertz CT molecular complexity index is 841. The Labute approximate surface area is 167 Å². The molecule has 0 spiro atoms. The van der Waals surface area contributed by atoms with Crippen LogP contribution in [-0.4, -0.2) is 47.0 Å². The maximum atomic E-state index is 12.9. The second kappa shape index (κ2) is 8.77. The van der Waals surface area contributed by atoms with Gasteiger partial charge >= 0.3 is 6.18 Å². The maximum absolute atomic E-state index is 12.9. The lowest BCUT2D eigenvalue weighted by molar-refractivity contribution is -0.141. The average Bonchev–Trinajstić information content (AvgIpc) is 2.68. The molecule has 1 atom stereocenters. The van der Waals surface area contributed by atoms with Gasteiger partial charge in [-0.2, -0.15) is 13.2 Å². The lowest BCUT2D eigenvalue weighted by Crippen LogP contribution is -2.46. The topological polar surface area (TPSA) is 61.4 Å². The van der Waals surface area contributed by atoms with E-state index in [1.54, 1.807) is 11.9 Å². The van der Waals surface area contributed by atoms with E-state index in [0.717, 1.165) is 49.4 Å². The first-order valence-corrected chi connectivity index (χ1v) is 9.44. The molecule has 0 saturated carbocycles. The molecule has 0 radical (unpaired) electrons. The second-order valence-electron chi connectivity index (χ2n) is 7.26. The van der Waals surface area contributed by atoms with Gasteiger partial charge in [0.2, 0.25) is 11.9 Å². The van der Waals surface area contributed by atoms with Gasteiger partial charge in [-0.1, -0.05) is 12.1 Å². The molecule has 9 heteroatoms. The standard InChI is InChI=1S/C20H24F3N5O/c1-14(29)25-16-7-5-15(6-8-16)12-28-11-3-4-17(13-28)27(2)19-24-10-9-18(26-19)20(21,22)23/h5-10,17H,3-4,11-13H2,1-2H3,(H,25,29). The minimum atomic E-state index is -4.49. The van der Waals surface area contributed by atoms with Crippen molar-refractivity contribution in [1.29, 1.82) is 0 Å². The summed E-state index contributed by atoms with van der Waals surface area (Å²) in [7, 11) is 1.74. The highest BCUT2D eigenvalue weighted by Gasteiger charge is 2.34.